The molecule has 1 amide bonds. The van der Waals surface area contributed by atoms with Crippen molar-refractivity contribution in [2.75, 3.05) is 33.3 Å². The van der Waals surface area contributed by atoms with E-state index in [1.54, 1.807) is 7.11 Å². The van der Waals surface area contributed by atoms with E-state index in [4.69, 9.17) is 4.74 Å². The highest BCUT2D eigenvalue weighted by Gasteiger charge is 2.46. The summed E-state index contributed by atoms with van der Waals surface area (Å²) in [5.74, 6) is 1.83. The second kappa shape index (κ2) is 5.58. The predicted octanol–water partition coefficient (Wildman–Crippen LogP) is 2.11. The van der Waals surface area contributed by atoms with Gasteiger partial charge in [0.15, 0.2) is 0 Å². The van der Waals surface area contributed by atoms with Crippen LogP contribution in [0.5, 0.6) is 5.75 Å². The molecule has 2 saturated carbocycles. The number of amides is 1. The number of hydrogen-bond acceptors (Lipinski definition) is 3. The molecular weight excluding hydrogens is 276 g/mol. The molecule has 4 nitrogen and oxygen atoms in total. The van der Waals surface area contributed by atoms with E-state index >= 15 is 0 Å². The average Bonchev–Trinajstić information content (AvgIpc) is 3.47. The lowest BCUT2D eigenvalue weighted by Gasteiger charge is -2.35. The quantitative estimate of drug-likeness (QED) is 0.854. The minimum Gasteiger partial charge on any atom is -0.497 e. The molecule has 1 aliphatic heterocycles. The molecule has 1 heterocycles. The number of benzene rings is 1. The molecule has 3 fully saturated rings. The molecule has 0 unspecified atom stereocenters. The summed E-state index contributed by atoms with van der Waals surface area (Å²) in [6.07, 6.45) is 3.71. The monoisotopic (exact) mass is 300 g/mol. The van der Waals surface area contributed by atoms with Crippen LogP contribution in [0.4, 0.5) is 0 Å². The molecule has 1 aromatic carbocycles. The van der Waals surface area contributed by atoms with Crippen LogP contribution in [0.1, 0.15) is 30.7 Å². The van der Waals surface area contributed by atoms with Crippen LogP contribution in [0, 0.1) is 5.92 Å². The number of carbonyl (C=O) groups is 1. The minimum atomic E-state index is 0.194. The van der Waals surface area contributed by atoms with E-state index in [0.717, 1.165) is 44.4 Å². The molecule has 0 bridgehead atoms. The fourth-order valence-corrected chi connectivity index (χ4v) is 3.69. The summed E-state index contributed by atoms with van der Waals surface area (Å²) in [6, 6.07) is 8.99. The van der Waals surface area contributed by atoms with Crippen molar-refractivity contribution in [3.63, 3.8) is 0 Å². The third-order valence-corrected chi connectivity index (χ3v) is 5.32. The fraction of sp³-hybridized carbons (Fsp3) is 0.611. The second-order valence-corrected chi connectivity index (χ2v) is 6.82. The Labute approximate surface area is 132 Å². The van der Waals surface area contributed by atoms with Crippen LogP contribution in [0.25, 0.3) is 0 Å². The molecule has 1 aromatic rings. The molecule has 2 aliphatic carbocycles. The maximum Gasteiger partial charge on any atom is 0.226 e. The van der Waals surface area contributed by atoms with E-state index < -0.39 is 0 Å². The van der Waals surface area contributed by atoms with Crippen LogP contribution < -0.4 is 4.74 Å². The molecular formula is C18H24N2O2. The van der Waals surface area contributed by atoms with Gasteiger partial charge in [0.1, 0.15) is 5.75 Å². The van der Waals surface area contributed by atoms with Crippen molar-refractivity contribution in [1.82, 2.24) is 9.80 Å². The number of hydrogen-bond donors (Lipinski definition) is 0. The second-order valence-electron chi connectivity index (χ2n) is 6.82. The zero-order valence-electron chi connectivity index (χ0n) is 13.2. The van der Waals surface area contributed by atoms with Crippen molar-refractivity contribution in [1.29, 1.82) is 0 Å². The number of rotatable bonds is 4. The molecule has 0 aromatic heterocycles. The first-order valence-electron chi connectivity index (χ1n) is 8.43. The van der Waals surface area contributed by atoms with Gasteiger partial charge in [0.25, 0.3) is 0 Å². The van der Waals surface area contributed by atoms with Gasteiger partial charge in [0, 0.05) is 38.1 Å². The van der Waals surface area contributed by atoms with Crippen molar-refractivity contribution in [3.05, 3.63) is 29.8 Å². The van der Waals surface area contributed by atoms with Crippen molar-refractivity contribution < 1.29 is 9.53 Å². The number of nitrogens with zero attached hydrogens (tertiary/aromatic N) is 2. The Morgan fingerprint density at radius 2 is 1.95 bits per heavy atom. The maximum atomic E-state index is 12.7. The van der Waals surface area contributed by atoms with Crippen molar-refractivity contribution >= 4 is 5.91 Å². The number of ether oxygens (including phenoxy) is 1. The molecule has 4 rings (SSSR count). The van der Waals surface area contributed by atoms with Gasteiger partial charge < -0.3 is 9.64 Å². The molecule has 0 radical (unpaired) electrons. The Balaban J connectivity index is 1.34. The van der Waals surface area contributed by atoms with Gasteiger partial charge in [0.05, 0.1) is 7.11 Å². The van der Waals surface area contributed by atoms with Gasteiger partial charge in [0.2, 0.25) is 5.91 Å². The van der Waals surface area contributed by atoms with Crippen LogP contribution in [0.3, 0.4) is 0 Å². The third-order valence-electron chi connectivity index (χ3n) is 5.32. The highest BCUT2D eigenvalue weighted by atomic mass is 16.5. The first-order chi connectivity index (χ1) is 10.8. The molecule has 1 saturated heterocycles. The van der Waals surface area contributed by atoms with Gasteiger partial charge in [-0.05, 0) is 42.9 Å². The zero-order valence-corrected chi connectivity index (χ0v) is 13.2. The lowest BCUT2D eigenvalue weighted by Crippen LogP contribution is -2.49. The summed E-state index contributed by atoms with van der Waals surface area (Å²) in [6.45, 7) is 3.95. The van der Waals surface area contributed by atoms with Gasteiger partial charge in [-0.25, -0.2) is 0 Å². The smallest absolute Gasteiger partial charge is 0.226 e. The predicted molar refractivity (Wildman–Crippen MR) is 85.0 cm³/mol. The van der Waals surface area contributed by atoms with Crippen LogP contribution >= 0.6 is 0 Å². The number of carbonyl (C=O) groups excluding carboxylic acids is 1. The van der Waals surface area contributed by atoms with Crippen molar-refractivity contribution in [2.45, 2.75) is 31.2 Å². The highest BCUT2D eigenvalue weighted by molar-refractivity contribution is 5.83. The maximum absolute atomic E-state index is 12.7. The standard InChI is InChI=1S/C18H24N2O2/c1-22-15-4-2-3-13(11-15)16-12-17(16)18(21)20-9-7-19(8-10-20)14-5-6-14/h2-4,11,14,16-17H,5-10,12H2,1H3/t16-,17+/m1/s1. The summed E-state index contributed by atoms with van der Waals surface area (Å²) in [5, 5.41) is 0. The topological polar surface area (TPSA) is 32.8 Å². The summed E-state index contributed by atoms with van der Waals surface area (Å²) in [5.41, 5.74) is 1.24. The summed E-state index contributed by atoms with van der Waals surface area (Å²) in [4.78, 5) is 17.3. The lowest BCUT2D eigenvalue weighted by atomic mass is 10.1. The van der Waals surface area contributed by atoms with E-state index in [9.17, 15) is 4.79 Å². The first kappa shape index (κ1) is 14.1. The van der Waals surface area contributed by atoms with Gasteiger partial charge in [-0.1, -0.05) is 12.1 Å². The average molecular weight is 300 g/mol. The van der Waals surface area contributed by atoms with E-state index in [-0.39, 0.29) is 5.92 Å². The summed E-state index contributed by atoms with van der Waals surface area (Å²) < 4.78 is 5.28. The lowest BCUT2D eigenvalue weighted by molar-refractivity contribution is -0.134. The minimum absolute atomic E-state index is 0.194. The largest absolute Gasteiger partial charge is 0.497 e. The van der Waals surface area contributed by atoms with Crippen molar-refractivity contribution in [3.8, 4) is 5.75 Å². The number of methoxy groups -OCH3 is 1. The third kappa shape index (κ3) is 2.72. The van der Waals surface area contributed by atoms with Gasteiger partial charge in [-0.3, -0.25) is 9.69 Å². The molecule has 0 N–H and O–H groups in total. The van der Waals surface area contributed by atoms with Gasteiger partial charge in [-0.2, -0.15) is 0 Å². The SMILES string of the molecule is COc1cccc([C@H]2C[C@@H]2C(=O)N2CCN(C3CC3)CC2)c1. The Morgan fingerprint density at radius 3 is 2.64 bits per heavy atom. The van der Waals surface area contributed by atoms with Crippen molar-refractivity contribution in [2.24, 2.45) is 5.92 Å². The van der Waals surface area contributed by atoms with E-state index in [1.165, 1.54) is 18.4 Å². The molecule has 4 heteroatoms. The molecule has 118 valence electrons. The highest BCUT2D eigenvalue weighted by Crippen LogP contribution is 2.49. The normalized spacial score (nSPS) is 28.5. The van der Waals surface area contributed by atoms with Crippen LogP contribution in [0.2, 0.25) is 0 Å². The Hall–Kier alpha value is -1.55. The van der Waals surface area contributed by atoms with E-state index in [2.05, 4.69) is 21.9 Å². The Kier molecular flexibility index (Phi) is 3.57. The van der Waals surface area contributed by atoms with Gasteiger partial charge >= 0.3 is 0 Å². The van der Waals surface area contributed by atoms with E-state index in [1.807, 2.05) is 12.1 Å². The van der Waals surface area contributed by atoms with Crippen LogP contribution in [0.15, 0.2) is 24.3 Å². The summed E-state index contributed by atoms with van der Waals surface area (Å²) in [7, 11) is 1.69. The zero-order chi connectivity index (χ0) is 15.1. The van der Waals surface area contributed by atoms with Crippen LogP contribution in [-0.4, -0.2) is 55.0 Å². The van der Waals surface area contributed by atoms with Crippen LogP contribution in [-0.2, 0) is 4.79 Å². The fourth-order valence-electron chi connectivity index (χ4n) is 3.69. The molecule has 3 aliphatic rings. The Morgan fingerprint density at radius 1 is 1.18 bits per heavy atom. The molecule has 22 heavy (non-hydrogen) atoms. The van der Waals surface area contributed by atoms with Gasteiger partial charge in [-0.15, -0.1) is 0 Å². The summed E-state index contributed by atoms with van der Waals surface area (Å²) >= 11 is 0. The van der Waals surface area contributed by atoms with E-state index in [0.29, 0.717) is 11.8 Å². The Bertz CT molecular complexity index is 562. The molecule has 2 atom stereocenters. The molecule has 0 spiro atoms. The first-order valence-corrected chi connectivity index (χ1v) is 8.43. The number of piperazine rings is 1.